The molecule has 1 aromatic carbocycles. The molecule has 3 heterocycles. The van der Waals surface area contributed by atoms with Crippen LogP contribution in [0.3, 0.4) is 0 Å². The van der Waals surface area contributed by atoms with Crippen LogP contribution in [0.25, 0.3) is 5.82 Å². The summed E-state index contributed by atoms with van der Waals surface area (Å²) in [6, 6.07) is 10.9. The van der Waals surface area contributed by atoms with Crippen LogP contribution in [0.2, 0.25) is 0 Å². The lowest BCUT2D eigenvalue weighted by Gasteiger charge is -2.15. The number of rotatable bonds is 4. The van der Waals surface area contributed by atoms with Crippen LogP contribution in [0.1, 0.15) is 34.0 Å². The van der Waals surface area contributed by atoms with Gasteiger partial charge in [-0.15, -0.1) is 0 Å². The SMILES string of the molecule is Cc1nn(-c2ccccn2)c(N)c1C1CC(=O)N(c2ccc(C(=O)O)cc2)C1=O. The molecule has 9 heteroatoms. The predicted octanol–water partition coefficient (Wildman–Crippen LogP) is 1.90. The second-order valence-electron chi connectivity index (χ2n) is 6.66. The molecule has 2 aromatic heterocycles. The van der Waals surface area contributed by atoms with E-state index in [0.717, 1.165) is 4.90 Å². The number of pyridine rings is 1. The monoisotopic (exact) mass is 391 g/mol. The maximum atomic E-state index is 13.1. The minimum Gasteiger partial charge on any atom is -0.478 e. The van der Waals surface area contributed by atoms with E-state index in [9.17, 15) is 14.4 Å². The highest BCUT2D eigenvalue weighted by Crippen LogP contribution is 2.37. The lowest BCUT2D eigenvalue weighted by Crippen LogP contribution is -2.30. The Bertz CT molecular complexity index is 1120. The Kier molecular flexibility index (Phi) is 4.34. The molecule has 1 saturated heterocycles. The zero-order valence-electron chi connectivity index (χ0n) is 15.4. The molecule has 1 atom stereocenters. The van der Waals surface area contributed by atoms with Crippen molar-refractivity contribution in [2.45, 2.75) is 19.3 Å². The van der Waals surface area contributed by atoms with Crippen LogP contribution in [0.5, 0.6) is 0 Å². The number of aromatic carboxylic acids is 1. The number of hydrogen-bond donors (Lipinski definition) is 2. The smallest absolute Gasteiger partial charge is 0.335 e. The third-order valence-corrected chi connectivity index (χ3v) is 4.88. The Balaban J connectivity index is 1.69. The first-order valence-electron chi connectivity index (χ1n) is 8.85. The van der Waals surface area contributed by atoms with Gasteiger partial charge in [0.15, 0.2) is 5.82 Å². The largest absolute Gasteiger partial charge is 0.478 e. The van der Waals surface area contributed by atoms with Crippen LogP contribution >= 0.6 is 0 Å². The first-order chi connectivity index (χ1) is 13.9. The number of hydrogen-bond acceptors (Lipinski definition) is 6. The third-order valence-electron chi connectivity index (χ3n) is 4.88. The number of nitrogens with zero attached hydrogens (tertiary/aromatic N) is 4. The van der Waals surface area contributed by atoms with E-state index in [2.05, 4.69) is 10.1 Å². The van der Waals surface area contributed by atoms with E-state index in [0.29, 0.717) is 22.8 Å². The van der Waals surface area contributed by atoms with Crippen molar-refractivity contribution < 1.29 is 19.5 Å². The van der Waals surface area contributed by atoms with Gasteiger partial charge in [0.05, 0.1) is 22.9 Å². The Morgan fingerprint density at radius 3 is 2.52 bits per heavy atom. The summed E-state index contributed by atoms with van der Waals surface area (Å²) in [7, 11) is 0. The quantitative estimate of drug-likeness (QED) is 0.649. The van der Waals surface area contributed by atoms with E-state index in [1.165, 1.54) is 28.9 Å². The van der Waals surface area contributed by atoms with Crippen LogP contribution in [0.15, 0.2) is 48.7 Å². The topological polar surface area (TPSA) is 131 Å². The highest BCUT2D eigenvalue weighted by molar-refractivity contribution is 6.23. The van der Waals surface area contributed by atoms with Gasteiger partial charge in [0.25, 0.3) is 0 Å². The van der Waals surface area contributed by atoms with E-state index < -0.39 is 17.8 Å². The summed E-state index contributed by atoms with van der Waals surface area (Å²) in [5.41, 5.74) is 7.71. The molecule has 0 aliphatic carbocycles. The number of benzene rings is 1. The number of carboxylic acids is 1. The summed E-state index contributed by atoms with van der Waals surface area (Å²) in [6.45, 7) is 1.73. The molecule has 1 aliphatic heterocycles. The minimum atomic E-state index is -1.08. The Morgan fingerprint density at radius 2 is 1.90 bits per heavy atom. The summed E-state index contributed by atoms with van der Waals surface area (Å²) in [5.74, 6) is -1.88. The van der Waals surface area contributed by atoms with Crippen molar-refractivity contribution in [3.63, 3.8) is 0 Å². The van der Waals surface area contributed by atoms with Crippen LogP contribution in [0.4, 0.5) is 11.5 Å². The molecule has 0 bridgehead atoms. The summed E-state index contributed by atoms with van der Waals surface area (Å²) >= 11 is 0. The van der Waals surface area contributed by atoms with Gasteiger partial charge in [0, 0.05) is 18.2 Å². The van der Waals surface area contributed by atoms with Crippen molar-refractivity contribution in [1.29, 1.82) is 0 Å². The van der Waals surface area contributed by atoms with Crippen LogP contribution < -0.4 is 10.6 Å². The zero-order valence-corrected chi connectivity index (χ0v) is 15.4. The number of amides is 2. The van der Waals surface area contributed by atoms with Gasteiger partial charge in [-0.2, -0.15) is 9.78 Å². The number of nitrogens with two attached hydrogens (primary N) is 1. The standard InChI is InChI=1S/C20H17N5O4/c1-11-17(18(21)25(23-11)15-4-2-3-9-22-15)14-10-16(26)24(19(14)27)13-7-5-12(6-8-13)20(28)29/h2-9,14H,10,21H2,1H3,(H,28,29). The first-order valence-corrected chi connectivity index (χ1v) is 8.85. The molecular weight excluding hydrogens is 374 g/mol. The summed E-state index contributed by atoms with van der Waals surface area (Å²) < 4.78 is 1.45. The van der Waals surface area contributed by atoms with E-state index in [1.807, 2.05) is 0 Å². The minimum absolute atomic E-state index is 0.0432. The Labute approximate surface area is 165 Å². The van der Waals surface area contributed by atoms with E-state index in [4.69, 9.17) is 10.8 Å². The van der Waals surface area contributed by atoms with Gasteiger partial charge in [0.2, 0.25) is 11.8 Å². The molecule has 0 radical (unpaired) electrons. The molecule has 9 nitrogen and oxygen atoms in total. The van der Waals surface area contributed by atoms with Crippen molar-refractivity contribution in [1.82, 2.24) is 14.8 Å². The average Bonchev–Trinajstić information content (AvgIpc) is 3.17. The van der Waals surface area contributed by atoms with Crippen molar-refractivity contribution in [3.05, 3.63) is 65.5 Å². The Morgan fingerprint density at radius 1 is 1.17 bits per heavy atom. The van der Waals surface area contributed by atoms with Gasteiger partial charge >= 0.3 is 5.97 Å². The highest BCUT2D eigenvalue weighted by atomic mass is 16.4. The summed E-state index contributed by atoms with van der Waals surface area (Å²) in [5, 5.41) is 13.4. The van der Waals surface area contributed by atoms with E-state index in [1.54, 1.807) is 31.3 Å². The summed E-state index contributed by atoms with van der Waals surface area (Å²) in [6.07, 6.45) is 1.57. The van der Waals surface area contributed by atoms with Crippen LogP contribution in [0, 0.1) is 6.92 Å². The van der Waals surface area contributed by atoms with Gasteiger partial charge in [0.1, 0.15) is 5.82 Å². The lowest BCUT2D eigenvalue weighted by molar-refractivity contribution is -0.121. The zero-order chi connectivity index (χ0) is 20.7. The second-order valence-corrected chi connectivity index (χ2v) is 6.66. The highest BCUT2D eigenvalue weighted by Gasteiger charge is 2.43. The van der Waals surface area contributed by atoms with E-state index in [-0.39, 0.29) is 23.7 Å². The number of carboxylic acid groups (broad SMARTS) is 1. The number of aryl methyl sites for hydroxylation is 1. The van der Waals surface area contributed by atoms with Gasteiger partial charge in [-0.25, -0.2) is 9.78 Å². The fraction of sp³-hybridized carbons (Fsp3) is 0.150. The summed E-state index contributed by atoms with van der Waals surface area (Å²) in [4.78, 5) is 42.0. The number of nitrogen functional groups attached to an aromatic ring is 1. The maximum Gasteiger partial charge on any atom is 0.335 e. The molecule has 1 unspecified atom stereocenters. The van der Waals surface area contributed by atoms with Gasteiger partial charge in [-0.05, 0) is 43.3 Å². The van der Waals surface area contributed by atoms with Gasteiger partial charge < -0.3 is 10.8 Å². The van der Waals surface area contributed by atoms with Crippen molar-refractivity contribution in [2.24, 2.45) is 0 Å². The molecule has 1 aliphatic rings. The molecule has 3 N–H and O–H groups in total. The van der Waals surface area contributed by atoms with Crippen LogP contribution in [-0.2, 0) is 9.59 Å². The molecule has 4 rings (SSSR count). The number of carbonyl (C=O) groups excluding carboxylic acids is 2. The van der Waals surface area contributed by atoms with Crippen LogP contribution in [-0.4, -0.2) is 37.7 Å². The van der Waals surface area contributed by atoms with Gasteiger partial charge in [-0.3, -0.25) is 14.5 Å². The molecule has 1 fully saturated rings. The van der Waals surface area contributed by atoms with Crippen molar-refractivity contribution in [2.75, 3.05) is 10.6 Å². The Hall–Kier alpha value is -4.01. The lowest BCUT2D eigenvalue weighted by atomic mass is 9.97. The molecule has 2 amide bonds. The normalized spacial score (nSPS) is 16.4. The maximum absolute atomic E-state index is 13.1. The predicted molar refractivity (Wildman–Crippen MR) is 104 cm³/mol. The second kappa shape index (κ2) is 6.86. The molecule has 3 aromatic rings. The number of imide groups is 1. The van der Waals surface area contributed by atoms with Crippen molar-refractivity contribution >= 4 is 29.3 Å². The fourth-order valence-corrected chi connectivity index (χ4v) is 3.52. The van der Waals surface area contributed by atoms with Crippen molar-refractivity contribution in [3.8, 4) is 5.82 Å². The number of carbonyl (C=O) groups is 3. The van der Waals surface area contributed by atoms with Gasteiger partial charge in [-0.1, -0.05) is 6.07 Å². The first kappa shape index (κ1) is 18.4. The molecule has 0 saturated carbocycles. The molecular formula is C20H17N5O4. The fourth-order valence-electron chi connectivity index (χ4n) is 3.52. The average molecular weight is 391 g/mol. The number of anilines is 2. The third kappa shape index (κ3) is 3.02. The molecule has 146 valence electrons. The van der Waals surface area contributed by atoms with E-state index >= 15 is 0 Å². The molecule has 29 heavy (non-hydrogen) atoms. The molecule has 0 spiro atoms. The number of aromatic nitrogens is 3.